The van der Waals surface area contributed by atoms with Crippen LogP contribution in [0.4, 0.5) is 0 Å². The molecule has 0 aromatic heterocycles. The summed E-state index contributed by atoms with van der Waals surface area (Å²) >= 11 is 0. The second-order valence-corrected chi connectivity index (χ2v) is 13.1. The normalized spacial score (nSPS) is 11.8. The predicted molar refractivity (Wildman–Crippen MR) is 97.7 cm³/mol. The first-order chi connectivity index (χ1) is 10.1. The van der Waals surface area contributed by atoms with E-state index in [1.54, 1.807) is 0 Å². The Labute approximate surface area is 132 Å². The van der Waals surface area contributed by atoms with Gasteiger partial charge in [-0.3, -0.25) is 0 Å². The minimum absolute atomic E-state index is 0.674. The van der Waals surface area contributed by atoms with Gasteiger partial charge in [-0.05, 0) is 21.5 Å². The lowest BCUT2D eigenvalue weighted by molar-refractivity contribution is 0.566. The summed E-state index contributed by atoms with van der Waals surface area (Å²) in [6.45, 7) is 9.27. The van der Waals surface area contributed by atoms with Crippen molar-refractivity contribution in [3.8, 4) is 0 Å². The van der Waals surface area contributed by atoms with Crippen molar-refractivity contribution in [1.29, 1.82) is 0 Å². The zero-order valence-electron chi connectivity index (χ0n) is 13.5. The van der Waals surface area contributed by atoms with Crippen molar-refractivity contribution in [2.24, 2.45) is 0 Å². The van der Waals surface area contributed by atoms with E-state index in [1.807, 2.05) is 0 Å². The van der Waals surface area contributed by atoms with Crippen LogP contribution in [0.15, 0.2) is 60.7 Å². The van der Waals surface area contributed by atoms with Crippen LogP contribution in [0.2, 0.25) is 11.1 Å². The standard InChI is InChI=1S/C18H26OSi2/c1-15(2)20(16(3)4)19-21(17-11-7-5-8-12-17)18-13-9-6-10-14-18/h5-16,20-21H,1-4H3. The molecule has 21 heavy (non-hydrogen) atoms. The van der Waals surface area contributed by atoms with Crippen molar-refractivity contribution >= 4 is 28.5 Å². The molecule has 0 aliphatic rings. The number of rotatable bonds is 6. The molecule has 0 heterocycles. The van der Waals surface area contributed by atoms with E-state index >= 15 is 0 Å². The van der Waals surface area contributed by atoms with Crippen LogP contribution >= 0.6 is 0 Å². The van der Waals surface area contributed by atoms with Crippen LogP contribution < -0.4 is 10.4 Å². The number of benzene rings is 2. The third-order valence-electron chi connectivity index (χ3n) is 3.81. The molecule has 0 N–H and O–H groups in total. The average molecular weight is 315 g/mol. The van der Waals surface area contributed by atoms with E-state index in [-0.39, 0.29) is 0 Å². The quantitative estimate of drug-likeness (QED) is 0.745. The molecule has 1 nitrogen and oxygen atoms in total. The molecular weight excluding hydrogens is 288 g/mol. The first-order valence-corrected chi connectivity index (χ1v) is 11.3. The molecule has 2 aromatic carbocycles. The van der Waals surface area contributed by atoms with Gasteiger partial charge in [0.05, 0.1) is 0 Å². The molecule has 0 amide bonds. The molecule has 0 aliphatic carbocycles. The Morgan fingerprint density at radius 1 is 0.667 bits per heavy atom. The molecule has 0 fully saturated rings. The molecule has 0 bridgehead atoms. The average Bonchev–Trinajstić information content (AvgIpc) is 2.49. The van der Waals surface area contributed by atoms with E-state index in [0.717, 1.165) is 0 Å². The maximum absolute atomic E-state index is 6.82. The lowest BCUT2D eigenvalue weighted by Crippen LogP contribution is -2.49. The van der Waals surface area contributed by atoms with Gasteiger partial charge in [-0.2, -0.15) is 0 Å². The van der Waals surface area contributed by atoms with Gasteiger partial charge < -0.3 is 4.12 Å². The highest BCUT2D eigenvalue weighted by molar-refractivity contribution is 6.85. The van der Waals surface area contributed by atoms with Crippen molar-refractivity contribution in [2.45, 2.75) is 38.8 Å². The summed E-state index contributed by atoms with van der Waals surface area (Å²) in [4.78, 5) is 0. The van der Waals surface area contributed by atoms with Gasteiger partial charge in [0.2, 0.25) is 9.04 Å². The molecule has 0 spiro atoms. The number of hydrogen-bond donors (Lipinski definition) is 0. The minimum atomic E-state index is -1.56. The zero-order valence-corrected chi connectivity index (χ0v) is 15.8. The lowest BCUT2D eigenvalue weighted by atomic mass is 10.4. The SMILES string of the molecule is CC(C)[SiH](O[SiH](c1ccccc1)c1ccccc1)C(C)C. The predicted octanol–water partition coefficient (Wildman–Crippen LogP) is 3.09. The second kappa shape index (κ2) is 7.73. The van der Waals surface area contributed by atoms with Crippen molar-refractivity contribution in [1.82, 2.24) is 0 Å². The smallest absolute Gasteiger partial charge is 0.228 e. The fourth-order valence-electron chi connectivity index (χ4n) is 2.85. The summed E-state index contributed by atoms with van der Waals surface area (Å²) in [5.74, 6) is 0. The summed E-state index contributed by atoms with van der Waals surface area (Å²) in [5, 5.41) is 2.78. The largest absolute Gasteiger partial charge is 0.453 e. The zero-order chi connectivity index (χ0) is 15.2. The Kier molecular flexibility index (Phi) is 5.97. The maximum Gasteiger partial charge on any atom is 0.228 e. The summed E-state index contributed by atoms with van der Waals surface area (Å²) in [6.07, 6.45) is 0. The van der Waals surface area contributed by atoms with Crippen molar-refractivity contribution < 1.29 is 4.12 Å². The van der Waals surface area contributed by atoms with Gasteiger partial charge in [0.15, 0.2) is 9.04 Å². The minimum Gasteiger partial charge on any atom is -0.453 e. The van der Waals surface area contributed by atoms with Gasteiger partial charge in [0, 0.05) is 0 Å². The highest BCUT2D eigenvalue weighted by atomic mass is 28.4. The Hall–Kier alpha value is -1.17. The van der Waals surface area contributed by atoms with Crippen LogP contribution in [-0.2, 0) is 4.12 Å². The molecule has 2 aromatic rings. The van der Waals surface area contributed by atoms with Gasteiger partial charge >= 0.3 is 0 Å². The monoisotopic (exact) mass is 314 g/mol. The van der Waals surface area contributed by atoms with Gasteiger partial charge in [-0.15, -0.1) is 0 Å². The molecule has 2 rings (SSSR count). The molecule has 3 heteroatoms. The molecule has 0 saturated heterocycles. The Bertz CT molecular complexity index is 478. The van der Waals surface area contributed by atoms with Crippen LogP contribution in [0, 0.1) is 0 Å². The van der Waals surface area contributed by atoms with Crippen LogP contribution in [-0.4, -0.2) is 18.1 Å². The fourth-order valence-corrected chi connectivity index (χ4v) is 10.9. The third-order valence-corrected chi connectivity index (χ3v) is 10.8. The Morgan fingerprint density at radius 2 is 1.05 bits per heavy atom. The van der Waals surface area contributed by atoms with Crippen molar-refractivity contribution in [3.63, 3.8) is 0 Å². The van der Waals surface area contributed by atoms with Crippen molar-refractivity contribution in [2.75, 3.05) is 0 Å². The van der Waals surface area contributed by atoms with E-state index in [0.29, 0.717) is 11.1 Å². The summed E-state index contributed by atoms with van der Waals surface area (Å²) < 4.78 is 6.82. The van der Waals surface area contributed by atoms with E-state index in [9.17, 15) is 0 Å². The first-order valence-electron chi connectivity index (χ1n) is 7.85. The molecule has 0 aliphatic heterocycles. The molecule has 0 saturated carbocycles. The highest BCUT2D eigenvalue weighted by Gasteiger charge is 2.27. The van der Waals surface area contributed by atoms with Gasteiger partial charge in [0.1, 0.15) is 0 Å². The Balaban J connectivity index is 2.33. The molecular formula is C18H26OSi2. The van der Waals surface area contributed by atoms with Crippen LogP contribution in [0.25, 0.3) is 0 Å². The van der Waals surface area contributed by atoms with Crippen LogP contribution in [0.3, 0.4) is 0 Å². The van der Waals surface area contributed by atoms with E-state index in [4.69, 9.17) is 4.12 Å². The molecule has 112 valence electrons. The lowest BCUT2D eigenvalue weighted by Gasteiger charge is -2.29. The van der Waals surface area contributed by atoms with Gasteiger partial charge in [-0.1, -0.05) is 88.4 Å². The third kappa shape index (κ3) is 4.40. The summed E-state index contributed by atoms with van der Waals surface area (Å²) in [7, 11) is -2.77. The van der Waals surface area contributed by atoms with E-state index in [1.165, 1.54) is 10.4 Å². The van der Waals surface area contributed by atoms with E-state index in [2.05, 4.69) is 88.4 Å². The fraction of sp³-hybridized carbons (Fsp3) is 0.333. The number of hydrogen-bond acceptors (Lipinski definition) is 1. The maximum atomic E-state index is 6.82. The second-order valence-electron chi connectivity index (χ2n) is 6.29. The highest BCUT2D eigenvalue weighted by Crippen LogP contribution is 2.21. The molecule has 0 unspecified atom stereocenters. The van der Waals surface area contributed by atoms with Crippen LogP contribution in [0.5, 0.6) is 0 Å². The molecule has 0 atom stereocenters. The van der Waals surface area contributed by atoms with Crippen molar-refractivity contribution in [3.05, 3.63) is 60.7 Å². The summed E-state index contributed by atoms with van der Waals surface area (Å²) in [6, 6.07) is 21.6. The Morgan fingerprint density at radius 3 is 1.38 bits per heavy atom. The molecule has 0 radical (unpaired) electrons. The van der Waals surface area contributed by atoms with Crippen LogP contribution in [0.1, 0.15) is 27.7 Å². The van der Waals surface area contributed by atoms with E-state index < -0.39 is 18.1 Å². The van der Waals surface area contributed by atoms with Gasteiger partial charge in [-0.25, -0.2) is 0 Å². The van der Waals surface area contributed by atoms with Gasteiger partial charge in [0.25, 0.3) is 0 Å². The summed E-state index contributed by atoms with van der Waals surface area (Å²) in [5.41, 5.74) is 1.35. The first kappa shape index (κ1) is 16.2. The topological polar surface area (TPSA) is 9.23 Å².